The van der Waals surface area contributed by atoms with Crippen LogP contribution in [0.4, 0.5) is 5.69 Å². The van der Waals surface area contributed by atoms with Gasteiger partial charge in [-0.2, -0.15) is 0 Å². The predicted molar refractivity (Wildman–Crippen MR) is 70.2 cm³/mol. The van der Waals surface area contributed by atoms with Crippen molar-refractivity contribution in [1.82, 2.24) is 10.3 Å². The van der Waals surface area contributed by atoms with Crippen LogP contribution in [0.5, 0.6) is 0 Å². The molecule has 0 aliphatic carbocycles. The molecule has 1 aromatic heterocycles. The second-order valence-electron chi connectivity index (χ2n) is 4.14. The summed E-state index contributed by atoms with van der Waals surface area (Å²) in [4.78, 5) is 25.5. The molecule has 2 rings (SSSR count). The van der Waals surface area contributed by atoms with Gasteiger partial charge in [0.15, 0.2) is 0 Å². The van der Waals surface area contributed by atoms with E-state index in [2.05, 4.69) is 10.3 Å². The number of H-pyrrole nitrogens is 1. The Bertz CT molecular complexity index is 635. The number of rotatable bonds is 4. The van der Waals surface area contributed by atoms with E-state index >= 15 is 0 Å². The number of nitrogens with two attached hydrogens (primary N) is 2. The second-order valence-corrected chi connectivity index (χ2v) is 4.14. The zero-order valence-corrected chi connectivity index (χ0v) is 10.0. The summed E-state index contributed by atoms with van der Waals surface area (Å²) in [5, 5.41) is 12.3. The Labute approximate surface area is 108 Å². The van der Waals surface area contributed by atoms with Gasteiger partial charge < -0.3 is 26.9 Å². The molecule has 0 spiro atoms. The summed E-state index contributed by atoms with van der Waals surface area (Å²) in [5.41, 5.74) is 12.3. The van der Waals surface area contributed by atoms with Gasteiger partial charge in [-0.15, -0.1) is 0 Å². The van der Waals surface area contributed by atoms with E-state index in [1.165, 1.54) is 6.20 Å². The van der Waals surface area contributed by atoms with Crippen LogP contribution in [0.2, 0.25) is 0 Å². The van der Waals surface area contributed by atoms with Gasteiger partial charge in [-0.05, 0) is 18.2 Å². The highest BCUT2D eigenvalue weighted by molar-refractivity contribution is 6.07. The number of hydrogen-bond acceptors (Lipinski definition) is 4. The Morgan fingerprint density at radius 1 is 1.42 bits per heavy atom. The number of aromatic nitrogens is 1. The molecule has 0 saturated carbocycles. The smallest absolute Gasteiger partial charge is 0.253 e. The van der Waals surface area contributed by atoms with Crippen molar-refractivity contribution in [3.63, 3.8) is 0 Å². The minimum absolute atomic E-state index is 0.226. The maximum atomic E-state index is 11.9. The number of nitrogen functional groups attached to an aromatic ring is 1. The zero-order chi connectivity index (χ0) is 14.0. The summed E-state index contributed by atoms with van der Waals surface area (Å²) < 4.78 is 0. The second kappa shape index (κ2) is 4.99. The van der Waals surface area contributed by atoms with Gasteiger partial charge in [0.1, 0.15) is 6.10 Å². The number of amides is 2. The van der Waals surface area contributed by atoms with Crippen molar-refractivity contribution in [1.29, 1.82) is 0 Å². The molecule has 100 valence electrons. The van der Waals surface area contributed by atoms with Gasteiger partial charge in [0.05, 0.1) is 12.1 Å². The highest BCUT2D eigenvalue weighted by Crippen LogP contribution is 2.20. The Morgan fingerprint density at radius 2 is 2.16 bits per heavy atom. The van der Waals surface area contributed by atoms with E-state index in [1.807, 2.05) is 0 Å². The number of anilines is 1. The molecule has 19 heavy (non-hydrogen) atoms. The number of aliphatic hydroxyl groups is 1. The van der Waals surface area contributed by atoms with Crippen molar-refractivity contribution in [2.24, 2.45) is 5.73 Å². The largest absolute Gasteiger partial charge is 0.399 e. The standard InChI is InChI=1S/C12H14N4O3/c13-6-1-2-7-8(4-15-9(7)3-6)12(19)16-5-10(17)11(14)18/h1-4,10,15,17H,5,13H2,(H2,14,18)(H,16,19). The van der Waals surface area contributed by atoms with Crippen LogP contribution in [0.25, 0.3) is 10.9 Å². The van der Waals surface area contributed by atoms with Crippen LogP contribution < -0.4 is 16.8 Å². The lowest BCUT2D eigenvalue weighted by atomic mass is 10.1. The van der Waals surface area contributed by atoms with E-state index < -0.39 is 17.9 Å². The first-order valence-electron chi connectivity index (χ1n) is 5.61. The Kier molecular flexibility index (Phi) is 3.39. The SMILES string of the molecule is NC(=O)C(O)CNC(=O)c1c[nH]c2cc(N)ccc12. The van der Waals surface area contributed by atoms with Crippen LogP contribution in [0.15, 0.2) is 24.4 Å². The molecule has 0 aliphatic rings. The number of aromatic amines is 1. The Hall–Kier alpha value is -2.54. The molecule has 0 saturated heterocycles. The third-order valence-electron chi connectivity index (χ3n) is 2.73. The number of carbonyl (C=O) groups excluding carboxylic acids is 2. The minimum atomic E-state index is -1.40. The molecule has 0 bridgehead atoms. The number of fused-ring (bicyclic) bond motifs is 1. The van der Waals surface area contributed by atoms with Crippen molar-refractivity contribution in [3.05, 3.63) is 30.0 Å². The molecule has 2 amide bonds. The van der Waals surface area contributed by atoms with Crippen molar-refractivity contribution >= 4 is 28.4 Å². The van der Waals surface area contributed by atoms with E-state index in [1.54, 1.807) is 18.2 Å². The average Bonchev–Trinajstić information content (AvgIpc) is 2.78. The number of benzene rings is 1. The third kappa shape index (κ3) is 2.66. The molecule has 0 fully saturated rings. The summed E-state index contributed by atoms with van der Waals surface area (Å²) in [6.07, 6.45) is 0.139. The van der Waals surface area contributed by atoms with Gasteiger partial charge in [0.25, 0.3) is 5.91 Å². The average molecular weight is 262 g/mol. The molecule has 7 nitrogen and oxygen atoms in total. The molecular weight excluding hydrogens is 248 g/mol. The van der Waals surface area contributed by atoms with Gasteiger partial charge in [-0.1, -0.05) is 0 Å². The minimum Gasteiger partial charge on any atom is -0.399 e. The van der Waals surface area contributed by atoms with Crippen molar-refractivity contribution in [2.45, 2.75) is 6.10 Å². The molecule has 2 aromatic rings. The summed E-state index contributed by atoms with van der Waals surface area (Å²) >= 11 is 0. The molecule has 7 N–H and O–H groups in total. The lowest BCUT2D eigenvalue weighted by Crippen LogP contribution is -2.39. The van der Waals surface area contributed by atoms with E-state index in [0.29, 0.717) is 16.6 Å². The van der Waals surface area contributed by atoms with Gasteiger partial charge in [0.2, 0.25) is 5.91 Å². The molecular formula is C12H14N4O3. The first-order valence-corrected chi connectivity index (χ1v) is 5.61. The van der Waals surface area contributed by atoms with E-state index in [-0.39, 0.29) is 6.54 Å². The maximum Gasteiger partial charge on any atom is 0.253 e. The molecule has 0 radical (unpaired) electrons. The van der Waals surface area contributed by atoms with Crippen LogP contribution in [0.3, 0.4) is 0 Å². The van der Waals surface area contributed by atoms with E-state index in [9.17, 15) is 14.7 Å². The maximum absolute atomic E-state index is 11.9. The van der Waals surface area contributed by atoms with Gasteiger partial charge in [0, 0.05) is 22.8 Å². The number of aliphatic hydroxyl groups excluding tert-OH is 1. The summed E-state index contributed by atoms with van der Waals surface area (Å²) in [6.45, 7) is -0.226. The van der Waals surface area contributed by atoms with Gasteiger partial charge in [-0.25, -0.2) is 0 Å². The molecule has 1 heterocycles. The fraction of sp³-hybridized carbons (Fsp3) is 0.167. The first kappa shape index (κ1) is 12.9. The van der Waals surface area contributed by atoms with E-state index in [4.69, 9.17) is 11.5 Å². The lowest BCUT2D eigenvalue weighted by Gasteiger charge is -2.07. The van der Waals surface area contributed by atoms with Crippen LogP contribution >= 0.6 is 0 Å². The van der Waals surface area contributed by atoms with Crippen LogP contribution in [-0.2, 0) is 4.79 Å². The van der Waals surface area contributed by atoms with E-state index in [0.717, 1.165) is 5.52 Å². The molecule has 0 aliphatic heterocycles. The number of nitrogens with one attached hydrogen (secondary N) is 2. The van der Waals surface area contributed by atoms with Crippen LogP contribution in [0, 0.1) is 0 Å². The third-order valence-corrected chi connectivity index (χ3v) is 2.73. The van der Waals surface area contributed by atoms with Gasteiger partial charge in [-0.3, -0.25) is 9.59 Å². The quantitative estimate of drug-likeness (QED) is 0.467. The highest BCUT2D eigenvalue weighted by Gasteiger charge is 2.15. The Morgan fingerprint density at radius 3 is 2.84 bits per heavy atom. The molecule has 1 unspecified atom stereocenters. The van der Waals surface area contributed by atoms with Crippen molar-refractivity contribution in [3.8, 4) is 0 Å². The summed E-state index contributed by atoms with van der Waals surface area (Å²) in [7, 11) is 0. The van der Waals surface area contributed by atoms with Crippen LogP contribution in [-0.4, -0.2) is 34.6 Å². The topological polar surface area (TPSA) is 134 Å². The number of primary amides is 1. The van der Waals surface area contributed by atoms with Crippen molar-refractivity contribution in [2.75, 3.05) is 12.3 Å². The van der Waals surface area contributed by atoms with Crippen molar-refractivity contribution < 1.29 is 14.7 Å². The highest BCUT2D eigenvalue weighted by atomic mass is 16.3. The Balaban J connectivity index is 2.16. The summed E-state index contributed by atoms with van der Waals surface area (Å²) in [6, 6.07) is 5.12. The predicted octanol–water partition coefficient (Wildman–Crippen LogP) is -0.674. The fourth-order valence-electron chi connectivity index (χ4n) is 1.72. The first-order chi connectivity index (χ1) is 8.99. The van der Waals surface area contributed by atoms with Crippen LogP contribution in [0.1, 0.15) is 10.4 Å². The summed E-state index contributed by atoms with van der Waals surface area (Å²) in [5.74, 6) is -1.29. The van der Waals surface area contributed by atoms with Gasteiger partial charge >= 0.3 is 0 Å². The number of hydrogen-bond donors (Lipinski definition) is 5. The fourth-order valence-corrected chi connectivity index (χ4v) is 1.72. The molecule has 1 atom stereocenters. The molecule has 1 aromatic carbocycles. The zero-order valence-electron chi connectivity index (χ0n) is 10.0. The normalized spacial score (nSPS) is 12.3. The lowest BCUT2D eigenvalue weighted by molar-refractivity contribution is -0.125. The monoisotopic (exact) mass is 262 g/mol. The number of carbonyl (C=O) groups is 2. The molecule has 7 heteroatoms.